The molecule has 1 N–H and O–H groups in total. The van der Waals surface area contributed by atoms with Gasteiger partial charge in [-0.2, -0.15) is 5.10 Å². The number of nitrogens with one attached hydrogen (secondary N) is 1. The number of aromatic amines is 1. The van der Waals surface area contributed by atoms with E-state index in [4.69, 9.17) is 23.2 Å². The fourth-order valence-electron chi connectivity index (χ4n) is 4.55. The van der Waals surface area contributed by atoms with Crippen LogP contribution in [0.1, 0.15) is 17.0 Å². The molecule has 2 aliphatic rings. The van der Waals surface area contributed by atoms with E-state index in [1.54, 1.807) is 6.20 Å². The van der Waals surface area contributed by atoms with E-state index in [-0.39, 0.29) is 5.92 Å². The molecule has 2 unspecified atom stereocenters. The highest BCUT2D eigenvalue weighted by molar-refractivity contribution is 6.31. The van der Waals surface area contributed by atoms with Gasteiger partial charge in [0.2, 0.25) is 0 Å². The Kier molecular flexibility index (Phi) is 5.46. The normalized spacial score (nSPS) is 21.3. The summed E-state index contributed by atoms with van der Waals surface area (Å²) in [4.78, 5) is 13.6. The third-order valence-electron chi connectivity index (χ3n) is 6.15. The largest absolute Gasteiger partial charge is 0.369 e. The standard InChI is InChI=1S/C24H23ClN6/c1-26-23-21(16-30-11-13-31(14-12-30)17-7-3-2-4-8-17)28-24-19(15-27-29-24)22(23)18-9-5-6-10-20(18)25/h2-10,15,22-23H,11-14,16H2,(H,27,29). The number of piperazine rings is 1. The molecule has 2 aromatic carbocycles. The number of halogens is 1. The van der Waals surface area contributed by atoms with Crippen LogP contribution in [-0.2, 0) is 0 Å². The van der Waals surface area contributed by atoms with Crippen LogP contribution in [0.2, 0.25) is 5.02 Å². The van der Waals surface area contributed by atoms with Crippen molar-refractivity contribution in [2.24, 2.45) is 4.99 Å². The summed E-state index contributed by atoms with van der Waals surface area (Å²) in [7, 11) is 0. The topological polar surface area (TPSA) is 51.9 Å². The van der Waals surface area contributed by atoms with E-state index in [1.807, 2.05) is 30.3 Å². The van der Waals surface area contributed by atoms with Crippen molar-refractivity contribution in [1.29, 1.82) is 0 Å². The van der Waals surface area contributed by atoms with Gasteiger partial charge >= 0.3 is 0 Å². The molecule has 156 valence electrons. The summed E-state index contributed by atoms with van der Waals surface area (Å²) in [6.07, 6.45) is 1.78. The quantitative estimate of drug-likeness (QED) is 0.624. The Bertz CT molecular complexity index is 1120. The zero-order valence-electron chi connectivity index (χ0n) is 17.1. The van der Waals surface area contributed by atoms with Gasteiger partial charge in [0.15, 0.2) is 5.82 Å². The zero-order valence-corrected chi connectivity index (χ0v) is 17.8. The van der Waals surface area contributed by atoms with Crippen LogP contribution in [0.25, 0.3) is 4.85 Å². The van der Waals surface area contributed by atoms with Crippen LogP contribution in [0.15, 0.2) is 65.8 Å². The van der Waals surface area contributed by atoms with Gasteiger partial charge in [0.25, 0.3) is 6.04 Å². The van der Waals surface area contributed by atoms with Gasteiger partial charge < -0.3 is 9.74 Å². The second-order valence-corrected chi connectivity index (χ2v) is 8.36. The van der Waals surface area contributed by atoms with E-state index in [0.717, 1.165) is 48.8 Å². The van der Waals surface area contributed by atoms with Gasteiger partial charge in [0, 0.05) is 49.0 Å². The fraction of sp³-hybridized carbons (Fsp3) is 0.292. The highest BCUT2D eigenvalue weighted by atomic mass is 35.5. The number of hydrogen-bond acceptors (Lipinski definition) is 4. The molecule has 1 aromatic heterocycles. The van der Waals surface area contributed by atoms with Crippen molar-refractivity contribution in [2.45, 2.75) is 12.0 Å². The van der Waals surface area contributed by atoms with Crippen LogP contribution in [0, 0.1) is 6.57 Å². The molecule has 0 saturated carbocycles. The molecule has 2 atom stereocenters. The Morgan fingerprint density at radius 1 is 1.00 bits per heavy atom. The molecule has 3 aromatic rings. The molecule has 0 bridgehead atoms. The Hall–Kier alpha value is -3.14. The first-order valence-corrected chi connectivity index (χ1v) is 10.9. The molecular weight excluding hydrogens is 408 g/mol. The van der Waals surface area contributed by atoms with Crippen LogP contribution in [0.3, 0.4) is 0 Å². The molecule has 6 nitrogen and oxygen atoms in total. The number of benzene rings is 2. The lowest BCUT2D eigenvalue weighted by Gasteiger charge is -2.37. The molecule has 5 rings (SSSR count). The number of anilines is 1. The molecule has 0 aliphatic carbocycles. The minimum Gasteiger partial charge on any atom is -0.369 e. The Labute approximate surface area is 187 Å². The first kappa shape index (κ1) is 19.8. The molecular formula is C24H23ClN6. The maximum atomic E-state index is 7.98. The highest BCUT2D eigenvalue weighted by Crippen LogP contribution is 2.41. The predicted octanol–water partition coefficient (Wildman–Crippen LogP) is 4.39. The summed E-state index contributed by atoms with van der Waals surface area (Å²) in [5.74, 6) is 0.570. The molecule has 1 saturated heterocycles. The molecule has 3 heterocycles. The molecule has 0 spiro atoms. The van der Waals surface area contributed by atoms with Crippen molar-refractivity contribution < 1.29 is 0 Å². The molecule has 7 heteroatoms. The first-order chi connectivity index (χ1) is 15.2. The summed E-state index contributed by atoms with van der Waals surface area (Å²) in [6, 6.07) is 17.9. The molecule has 0 amide bonds. The summed E-state index contributed by atoms with van der Waals surface area (Å²) in [5, 5.41) is 7.88. The third kappa shape index (κ3) is 3.83. The van der Waals surface area contributed by atoms with E-state index in [9.17, 15) is 0 Å². The van der Waals surface area contributed by atoms with Crippen molar-refractivity contribution in [3.8, 4) is 0 Å². The second kappa shape index (κ2) is 8.54. The Morgan fingerprint density at radius 3 is 2.48 bits per heavy atom. The van der Waals surface area contributed by atoms with Crippen molar-refractivity contribution in [2.75, 3.05) is 37.6 Å². The van der Waals surface area contributed by atoms with Gasteiger partial charge in [0.05, 0.1) is 12.1 Å². The number of hydrogen-bond donors (Lipinski definition) is 1. The van der Waals surface area contributed by atoms with Crippen LogP contribution in [-0.4, -0.2) is 59.6 Å². The number of fused-ring (bicyclic) bond motifs is 1. The van der Waals surface area contributed by atoms with Gasteiger partial charge in [-0.05, 0) is 23.8 Å². The van der Waals surface area contributed by atoms with Crippen LogP contribution >= 0.6 is 11.6 Å². The summed E-state index contributed by atoms with van der Waals surface area (Å²) in [5.41, 5.74) is 4.03. The average Bonchev–Trinajstić information content (AvgIpc) is 3.28. The maximum absolute atomic E-state index is 7.98. The van der Waals surface area contributed by atoms with Crippen molar-refractivity contribution >= 4 is 28.8 Å². The third-order valence-corrected chi connectivity index (χ3v) is 6.50. The number of nitrogens with zero attached hydrogens (tertiary/aromatic N) is 5. The van der Waals surface area contributed by atoms with Gasteiger partial charge in [-0.3, -0.25) is 10.00 Å². The minimum absolute atomic E-state index is 0.168. The number of aliphatic imine (C=N–C) groups is 1. The number of aromatic nitrogens is 2. The molecule has 0 radical (unpaired) electrons. The van der Waals surface area contributed by atoms with Gasteiger partial charge in [0.1, 0.15) is 5.71 Å². The lowest BCUT2D eigenvalue weighted by molar-refractivity contribution is 0.290. The maximum Gasteiger partial charge on any atom is 0.273 e. The Balaban J connectivity index is 1.37. The second-order valence-electron chi connectivity index (χ2n) is 7.95. The van der Waals surface area contributed by atoms with Crippen LogP contribution < -0.4 is 4.90 Å². The monoisotopic (exact) mass is 430 g/mol. The smallest absolute Gasteiger partial charge is 0.273 e. The minimum atomic E-state index is -0.392. The summed E-state index contributed by atoms with van der Waals surface area (Å²) < 4.78 is 0. The van der Waals surface area contributed by atoms with E-state index in [1.165, 1.54) is 5.69 Å². The van der Waals surface area contributed by atoms with Crippen molar-refractivity contribution in [1.82, 2.24) is 15.1 Å². The van der Waals surface area contributed by atoms with Gasteiger partial charge in [-0.15, -0.1) is 0 Å². The average molecular weight is 431 g/mol. The van der Waals surface area contributed by atoms with E-state index >= 15 is 0 Å². The van der Waals surface area contributed by atoms with Crippen LogP contribution in [0.4, 0.5) is 11.5 Å². The first-order valence-electron chi connectivity index (χ1n) is 10.5. The fourth-order valence-corrected chi connectivity index (χ4v) is 4.81. The SMILES string of the molecule is [C-]#[N+]C1C(CN2CCN(c3ccccc3)CC2)=Nc2[nH]ncc2C1c1ccccc1Cl. The molecule has 1 fully saturated rings. The van der Waals surface area contributed by atoms with E-state index < -0.39 is 6.04 Å². The van der Waals surface area contributed by atoms with E-state index in [0.29, 0.717) is 11.6 Å². The number of rotatable bonds is 4. The number of para-hydroxylation sites is 1. The summed E-state index contributed by atoms with van der Waals surface area (Å²) in [6.45, 7) is 12.4. The van der Waals surface area contributed by atoms with Gasteiger partial charge in [-0.1, -0.05) is 48.0 Å². The number of H-pyrrole nitrogens is 1. The van der Waals surface area contributed by atoms with Crippen molar-refractivity contribution in [3.63, 3.8) is 0 Å². The van der Waals surface area contributed by atoms with Crippen molar-refractivity contribution in [3.05, 3.63) is 88.4 Å². The van der Waals surface area contributed by atoms with Crippen LogP contribution in [0.5, 0.6) is 0 Å². The summed E-state index contributed by atoms with van der Waals surface area (Å²) >= 11 is 6.54. The lowest BCUT2D eigenvalue weighted by Crippen LogP contribution is -2.49. The van der Waals surface area contributed by atoms with E-state index in [2.05, 4.69) is 49.1 Å². The highest BCUT2D eigenvalue weighted by Gasteiger charge is 2.41. The lowest BCUT2D eigenvalue weighted by atomic mass is 9.82. The molecule has 31 heavy (non-hydrogen) atoms. The molecule has 2 aliphatic heterocycles. The van der Waals surface area contributed by atoms with Gasteiger partial charge in [-0.25, -0.2) is 11.6 Å². The zero-order chi connectivity index (χ0) is 21.2. The predicted molar refractivity (Wildman–Crippen MR) is 124 cm³/mol. The Morgan fingerprint density at radius 2 is 1.74 bits per heavy atom.